The summed E-state index contributed by atoms with van der Waals surface area (Å²) in [6.45, 7) is 3.65. The number of hydrogen-bond donors (Lipinski definition) is 0. The second-order valence-corrected chi connectivity index (χ2v) is 3.04. The highest BCUT2D eigenvalue weighted by atomic mass is 16.5. The average molecular weight is 157 g/mol. The summed E-state index contributed by atoms with van der Waals surface area (Å²) in [5.41, 5.74) is 0. The van der Waals surface area contributed by atoms with E-state index in [9.17, 15) is 4.79 Å². The number of likely N-dealkylation sites (tertiary alicyclic amines) is 1. The zero-order valence-electron chi connectivity index (χ0n) is 7.33. The first-order valence-corrected chi connectivity index (χ1v) is 3.98. The number of carbonyl (C=O) groups excluding carboxylic acids is 1. The molecule has 64 valence electrons. The Morgan fingerprint density at radius 2 is 2.18 bits per heavy atom. The highest BCUT2D eigenvalue weighted by Crippen LogP contribution is 2.23. The van der Waals surface area contributed by atoms with Crippen molar-refractivity contribution in [3.63, 3.8) is 0 Å². The molecular weight excluding hydrogens is 142 g/mol. The third kappa shape index (κ3) is 1.53. The maximum absolute atomic E-state index is 11.1. The molecule has 0 spiro atoms. The van der Waals surface area contributed by atoms with Crippen molar-refractivity contribution < 1.29 is 9.53 Å². The Labute approximate surface area is 67.3 Å². The van der Waals surface area contributed by atoms with E-state index in [4.69, 9.17) is 4.74 Å². The van der Waals surface area contributed by atoms with Crippen LogP contribution < -0.4 is 0 Å². The summed E-state index contributed by atoms with van der Waals surface area (Å²) in [6.07, 6.45) is 2.04. The molecule has 0 N–H and O–H groups in total. The molecular formula is C8H15NO2. The molecule has 1 aliphatic heterocycles. The van der Waals surface area contributed by atoms with E-state index >= 15 is 0 Å². The highest BCUT2D eigenvalue weighted by Gasteiger charge is 2.31. The van der Waals surface area contributed by atoms with E-state index in [0.717, 1.165) is 12.8 Å². The Morgan fingerprint density at radius 3 is 2.55 bits per heavy atom. The van der Waals surface area contributed by atoms with Crippen LogP contribution in [-0.2, 0) is 9.53 Å². The minimum atomic E-state index is 0.0162. The van der Waals surface area contributed by atoms with Crippen molar-refractivity contribution in [1.82, 2.24) is 4.90 Å². The summed E-state index contributed by atoms with van der Waals surface area (Å²) in [6, 6.07) is 0.345. The molecule has 1 aliphatic rings. The Bertz CT molecular complexity index is 158. The molecule has 3 heteroatoms. The van der Waals surface area contributed by atoms with Gasteiger partial charge in [0.1, 0.15) is 6.23 Å². The van der Waals surface area contributed by atoms with Crippen molar-refractivity contribution in [1.29, 1.82) is 0 Å². The first-order valence-electron chi connectivity index (χ1n) is 3.98. The summed E-state index contributed by atoms with van der Waals surface area (Å²) in [5, 5.41) is 0. The number of ether oxygens (including phenoxy) is 1. The normalized spacial score (nSPS) is 31.0. The lowest BCUT2D eigenvalue weighted by Crippen LogP contribution is -2.39. The summed E-state index contributed by atoms with van der Waals surface area (Å²) in [5.74, 6) is 0.113. The van der Waals surface area contributed by atoms with Crippen molar-refractivity contribution in [2.24, 2.45) is 0 Å². The first kappa shape index (κ1) is 8.53. The van der Waals surface area contributed by atoms with Gasteiger partial charge in [-0.1, -0.05) is 0 Å². The van der Waals surface area contributed by atoms with Gasteiger partial charge in [-0.3, -0.25) is 4.79 Å². The SMILES string of the molecule is COC1CC[C@@H](C)N1C(C)=O. The average Bonchev–Trinajstić information content (AvgIpc) is 2.30. The predicted octanol–water partition coefficient (Wildman–Crippen LogP) is 0.990. The molecule has 0 aromatic heterocycles. The zero-order valence-corrected chi connectivity index (χ0v) is 7.33. The van der Waals surface area contributed by atoms with Gasteiger partial charge in [0.05, 0.1) is 0 Å². The number of nitrogens with zero attached hydrogens (tertiary/aromatic N) is 1. The van der Waals surface area contributed by atoms with E-state index in [-0.39, 0.29) is 12.1 Å². The van der Waals surface area contributed by atoms with E-state index in [2.05, 4.69) is 6.92 Å². The molecule has 0 aromatic carbocycles. The van der Waals surface area contributed by atoms with Crippen LogP contribution in [0.15, 0.2) is 0 Å². The second-order valence-electron chi connectivity index (χ2n) is 3.04. The van der Waals surface area contributed by atoms with E-state index in [1.165, 1.54) is 0 Å². The van der Waals surface area contributed by atoms with Gasteiger partial charge in [-0.05, 0) is 19.8 Å². The fourth-order valence-electron chi connectivity index (χ4n) is 1.69. The molecule has 0 radical (unpaired) electrons. The minimum absolute atomic E-state index is 0.0162. The van der Waals surface area contributed by atoms with Crippen LogP contribution in [0.25, 0.3) is 0 Å². The molecule has 0 saturated carbocycles. The summed E-state index contributed by atoms with van der Waals surface area (Å²) in [7, 11) is 1.65. The fraction of sp³-hybridized carbons (Fsp3) is 0.875. The lowest BCUT2D eigenvalue weighted by molar-refractivity contribution is -0.140. The molecule has 1 fully saturated rings. The lowest BCUT2D eigenvalue weighted by atomic mass is 10.2. The van der Waals surface area contributed by atoms with Crippen LogP contribution in [0.2, 0.25) is 0 Å². The molecule has 11 heavy (non-hydrogen) atoms. The van der Waals surface area contributed by atoms with E-state index < -0.39 is 0 Å². The monoisotopic (exact) mass is 157 g/mol. The molecule has 0 aromatic rings. The molecule has 1 saturated heterocycles. The number of methoxy groups -OCH3 is 1. The quantitative estimate of drug-likeness (QED) is 0.568. The topological polar surface area (TPSA) is 29.5 Å². The van der Waals surface area contributed by atoms with Gasteiger partial charge < -0.3 is 9.64 Å². The number of hydrogen-bond acceptors (Lipinski definition) is 2. The molecule has 1 amide bonds. The van der Waals surface area contributed by atoms with Gasteiger partial charge in [-0.15, -0.1) is 0 Å². The molecule has 0 bridgehead atoms. The summed E-state index contributed by atoms with van der Waals surface area (Å²) < 4.78 is 5.16. The maximum atomic E-state index is 11.1. The van der Waals surface area contributed by atoms with Crippen LogP contribution in [0.4, 0.5) is 0 Å². The lowest BCUT2D eigenvalue weighted by Gasteiger charge is -2.25. The smallest absolute Gasteiger partial charge is 0.221 e. The standard InChI is InChI=1S/C8H15NO2/c1-6-4-5-8(11-3)9(6)7(2)10/h6,8H,4-5H2,1-3H3/t6-,8?/m1/s1. The van der Waals surface area contributed by atoms with Gasteiger partial charge in [0.15, 0.2) is 0 Å². The summed E-state index contributed by atoms with van der Waals surface area (Å²) >= 11 is 0. The van der Waals surface area contributed by atoms with Crippen LogP contribution in [0, 0.1) is 0 Å². The Morgan fingerprint density at radius 1 is 1.55 bits per heavy atom. The third-order valence-corrected chi connectivity index (χ3v) is 2.25. The van der Waals surface area contributed by atoms with Gasteiger partial charge in [-0.2, -0.15) is 0 Å². The fourth-order valence-corrected chi connectivity index (χ4v) is 1.69. The van der Waals surface area contributed by atoms with Gasteiger partial charge in [-0.25, -0.2) is 0 Å². The molecule has 1 unspecified atom stereocenters. The number of carbonyl (C=O) groups is 1. The van der Waals surface area contributed by atoms with Crippen molar-refractivity contribution in [2.45, 2.75) is 39.0 Å². The molecule has 2 atom stereocenters. The maximum Gasteiger partial charge on any atom is 0.221 e. The van der Waals surface area contributed by atoms with E-state index in [1.807, 2.05) is 0 Å². The Kier molecular flexibility index (Phi) is 2.49. The third-order valence-electron chi connectivity index (χ3n) is 2.25. The largest absolute Gasteiger partial charge is 0.362 e. The van der Waals surface area contributed by atoms with Crippen LogP contribution in [0.5, 0.6) is 0 Å². The van der Waals surface area contributed by atoms with Gasteiger partial charge in [0.25, 0.3) is 0 Å². The van der Waals surface area contributed by atoms with Crippen molar-refractivity contribution >= 4 is 5.91 Å². The summed E-state index contributed by atoms with van der Waals surface area (Å²) in [4.78, 5) is 12.9. The Hall–Kier alpha value is -0.570. The molecule has 1 rings (SSSR count). The van der Waals surface area contributed by atoms with Crippen LogP contribution in [0.3, 0.4) is 0 Å². The first-order chi connectivity index (χ1) is 5.16. The van der Waals surface area contributed by atoms with E-state index in [1.54, 1.807) is 18.9 Å². The number of rotatable bonds is 1. The van der Waals surface area contributed by atoms with Crippen LogP contribution in [0.1, 0.15) is 26.7 Å². The molecule has 1 heterocycles. The van der Waals surface area contributed by atoms with Gasteiger partial charge in [0, 0.05) is 20.1 Å². The van der Waals surface area contributed by atoms with Crippen LogP contribution >= 0.6 is 0 Å². The molecule has 0 aliphatic carbocycles. The van der Waals surface area contributed by atoms with Crippen molar-refractivity contribution in [2.75, 3.05) is 7.11 Å². The Balaban J connectivity index is 2.63. The second kappa shape index (κ2) is 3.22. The zero-order chi connectivity index (χ0) is 8.43. The number of amides is 1. The van der Waals surface area contributed by atoms with Gasteiger partial charge in [0.2, 0.25) is 5.91 Å². The van der Waals surface area contributed by atoms with Gasteiger partial charge >= 0.3 is 0 Å². The predicted molar refractivity (Wildman–Crippen MR) is 42.0 cm³/mol. The van der Waals surface area contributed by atoms with Crippen molar-refractivity contribution in [3.8, 4) is 0 Å². The molecule has 3 nitrogen and oxygen atoms in total. The minimum Gasteiger partial charge on any atom is -0.362 e. The van der Waals surface area contributed by atoms with Crippen molar-refractivity contribution in [3.05, 3.63) is 0 Å². The highest BCUT2D eigenvalue weighted by molar-refractivity contribution is 5.74. The van der Waals surface area contributed by atoms with E-state index in [0.29, 0.717) is 6.04 Å². The van der Waals surface area contributed by atoms with Crippen LogP contribution in [-0.4, -0.2) is 30.2 Å².